The molecule has 19 heavy (non-hydrogen) atoms. The van der Waals surface area contributed by atoms with Crippen LogP contribution < -0.4 is 5.32 Å². The van der Waals surface area contributed by atoms with Crippen molar-refractivity contribution in [2.24, 2.45) is 0 Å². The average Bonchev–Trinajstić information content (AvgIpc) is 3.25. The Morgan fingerprint density at radius 2 is 1.95 bits per heavy atom. The summed E-state index contributed by atoms with van der Waals surface area (Å²) in [6, 6.07) is 4.87. The van der Waals surface area contributed by atoms with Crippen LogP contribution in [0.3, 0.4) is 0 Å². The Hall–Kier alpha value is -1.46. The van der Waals surface area contributed by atoms with Crippen LogP contribution in [0.15, 0.2) is 40.9 Å². The molecule has 1 aliphatic carbocycles. The first-order chi connectivity index (χ1) is 9.29. The zero-order valence-corrected chi connectivity index (χ0v) is 11.7. The van der Waals surface area contributed by atoms with Crippen LogP contribution in [0, 0.1) is 6.92 Å². The molecule has 0 unspecified atom stereocenters. The van der Waals surface area contributed by atoms with Gasteiger partial charge in [0.05, 0.1) is 0 Å². The molecule has 5 heteroatoms. The number of rotatable bonds is 5. The molecule has 0 aliphatic heterocycles. The van der Waals surface area contributed by atoms with Crippen molar-refractivity contribution in [2.75, 3.05) is 0 Å². The Morgan fingerprint density at radius 3 is 2.58 bits per heavy atom. The lowest BCUT2D eigenvalue weighted by Gasteiger charge is -2.04. The van der Waals surface area contributed by atoms with Crippen molar-refractivity contribution in [1.82, 2.24) is 20.3 Å². The molecular weight excluding hydrogens is 256 g/mol. The average molecular weight is 272 g/mol. The first-order valence-corrected chi connectivity index (χ1v) is 7.26. The molecule has 2 aromatic rings. The van der Waals surface area contributed by atoms with E-state index in [9.17, 15) is 0 Å². The fourth-order valence-corrected chi connectivity index (χ4v) is 2.29. The number of pyridine rings is 1. The van der Waals surface area contributed by atoms with E-state index < -0.39 is 0 Å². The summed E-state index contributed by atoms with van der Waals surface area (Å²) in [5.74, 6) is 0. The van der Waals surface area contributed by atoms with E-state index >= 15 is 0 Å². The molecule has 0 aromatic carbocycles. The minimum absolute atomic E-state index is 0.731. The standard InChI is InChI=1S/C14H16N4S/c1-10-6-17-14(18-7-10)19-13-5-2-11(9-16-13)8-15-12-3-4-12/h2,5-7,9,12,15H,3-4,8H2,1H3. The van der Waals surface area contributed by atoms with Crippen LogP contribution in [0.1, 0.15) is 24.0 Å². The maximum absolute atomic E-state index is 4.44. The quantitative estimate of drug-likeness (QED) is 0.848. The monoisotopic (exact) mass is 272 g/mol. The fourth-order valence-electron chi connectivity index (χ4n) is 1.65. The van der Waals surface area contributed by atoms with Crippen LogP contribution in [-0.2, 0) is 6.54 Å². The molecule has 0 saturated heterocycles. The lowest BCUT2D eigenvalue weighted by atomic mass is 10.3. The highest BCUT2D eigenvalue weighted by atomic mass is 32.2. The van der Waals surface area contributed by atoms with E-state index in [0.29, 0.717) is 0 Å². The third-order valence-electron chi connectivity index (χ3n) is 2.92. The van der Waals surface area contributed by atoms with Crippen molar-refractivity contribution >= 4 is 11.8 Å². The van der Waals surface area contributed by atoms with Crippen LogP contribution in [0.5, 0.6) is 0 Å². The second-order valence-electron chi connectivity index (χ2n) is 4.80. The van der Waals surface area contributed by atoms with Crippen molar-refractivity contribution in [3.05, 3.63) is 41.9 Å². The topological polar surface area (TPSA) is 50.7 Å². The van der Waals surface area contributed by atoms with Crippen molar-refractivity contribution in [2.45, 2.75) is 42.5 Å². The number of nitrogens with one attached hydrogen (secondary N) is 1. The summed E-state index contributed by atoms with van der Waals surface area (Å²) in [6.07, 6.45) is 8.19. The van der Waals surface area contributed by atoms with E-state index in [-0.39, 0.29) is 0 Å². The zero-order valence-electron chi connectivity index (χ0n) is 10.8. The van der Waals surface area contributed by atoms with Crippen molar-refractivity contribution < 1.29 is 0 Å². The summed E-state index contributed by atoms with van der Waals surface area (Å²) in [6.45, 7) is 2.89. The van der Waals surface area contributed by atoms with Gasteiger partial charge in [-0.2, -0.15) is 0 Å². The Bertz CT molecular complexity index is 534. The van der Waals surface area contributed by atoms with Crippen LogP contribution in [0.4, 0.5) is 0 Å². The molecule has 0 spiro atoms. The normalized spacial score (nSPS) is 14.6. The van der Waals surface area contributed by atoms with Gasteiger partial charge in [0.25, 0.3) is 0 Å². The fraction of sp³-hybridized carbons (Fsp3) is 0.357. The van der Waals surface area contributed by atoms with Gasteiger partial charge in [0.1, 0.15) is 5.03 Å². The molecule has 1 N–H and O–H groups in total. The Kier molecular flexibility index (Phi) is 3.75. The summed E-state index contributed by atoms with van der Waals surface area (Å²) in [5.41, 5.74) is 2.29. The second-order valence-corrected chi connectivity index (χ2v) is 5.79. The molecular formula is C14H16N4S. The minimum atomic E-state index is 0.731. The molecule has 0 atom stereocenters. The third-order valence-corrected chi connectivity index (χ3v) is 3.77. The van der Waals surface area contributed by atoms with Crippen LogP contribution in [0.25, 0.3) is 0 Å². The summed E-state index contributed by atoms with van der Waals surface area (Å²) in [5, 5.41) is 5.14. The maximum atomic E-state index is 4.44. The van der Waals surface area contributed by atoms with Gasteiger partial charge < -0.3 is 5.32 Å². The molecule has 1 aliphatic rings. The van der Waals surface area contributed by atoms with E-state index in [1.54, 1.807) is 0 Å². The Labute approximate surface area is 117 Å². The number of hydrogen-bond donors (Lipinski definition) is 1. The van der Waals surface area contributed by atoms with Crippen molar-refractivity contribution in [3.63, 3.8) is 0 Å². The van der Waals surface area contributed by atoms with Gasteiger partial charge in [0, 0.05) is 31.2 Å². The summed E-state index contributed by atoms with van der Waals surface area (Å²) < 4.78 is 0. The predicted molar refractivity (Wildman–Crippen MR) is 75.0 cm³/mol. The molecule has 2 aromatic heterocycles. The maximum Gasteiger partial charge on any atom is 0.193 e. The van der Waals surface area contributed by atoms with E-state index in [0.717, 1.165) is 28.3 Å². The van der Waals surface area contributed by atoms with Crippen molar-refractivity contribution in [1.29, 1.82) is 0 Å². The number of nitrogens with zero attached hydrogens (tertiary/aromatic N) is 3. The van der Waals surface area contributed by atoms with Gasteiger partial charge in [-0.25, -0.2) is 15.0 Å². The van der Waals surface area contributed by atoms with Gasteiger partial charge in [0.2, 0.25) is 0 Å². The van der Waals surface area contributed by atoms with Crippen LogP contribution >= 0.6 is 11.8 Å². The summed E-state index contributed by atoms with van der Waals surface area (Å²) in [4.78, 5) is 13.0. The highest BCUT2D eigenvalue weighted by Gasteiger charge is 2.19. The van der Waals surface area contributed by atoms with Gasteiger partial charge in [-0.05, 0) is 48.7 Å². The number of aromatic nitrogens is 3. The summed E-state index contributed by atoms with van der Waals surface area (Å²) >= 11 is 1.49. The van der Waals surface area contributed by atoms with Gasteiger partial charge in [-0.1, -0.05) is 6.07 Å². The summed E-state index contributed by atoms with van der Waals surface area (Å²) in [7, 11) is 0. The molecule has 1 fully saturated rings. The first-order valence-electron chi connectivity index (χ1n) is 6.44. The first kappa shape index (κ1) is 12.6. The molecule has 0 amide bonds. The van der Waals surface area contributed by atoms with E-state index in [2.05, 4.69) is 26.3 Å². The smallest absolute Gasteiger partial charge is 0.193 e. The molecule has 2 heterocycles. The van der Waals surface area contributed by atoms with Gasteiger partial charge in [0.15, 0.2) is 5.16 Å². The van der Waals surface area contributed by atoms with Crippen LogP contribution in [0.2, 0.25) is 0 Å². The Balaban J connectivity index is 1.59. The molecule has 0 bridgehead atoms. The van der Waals surface area contributed by atoms with Gasteiger partial charge in [-0.15, -0.1) is 0 Å². The number of aryl methyl sites for hydroxylation is 1. The highest BCUT2D eigenvalue weighted by Crippen LogP contribution is 2.22. The second kappa shape index (κ2) is 5.67. The molecule has 3 rings (SSSR count). The van der Waals surface area contributed by atoms with E-state index in [1.807, 2.05) is 31.6 Å². The largest absolute Gasteiger partial charge is 0.310 e. The molecule has 1 saturated carbocycles. The molecule has 4 nitrogen and oxygen atoms in total. The minimum Gasteiger partial charge on any atom is -0.310 e. The van der Waals surface area contributed by atoms with E-state index in [1.165, 1.54) is 30.2 Å². The van der Waals surface area contributed by atoms with Crippen molar-refractivity contribution in [3.8, 4) is 0 Å². The predicted octanol–water partition coefficient (Wildman–Crippen LogP) is 2.58. The van der Waals surface area contributed by atoms with Gasteiger partial charge in [-0.3, -0.25) is 0 Å². The highest BCUT2D eigenvalue weighted by molar-refractivity contribution is 7.99. The molecule has 0 radical (unpaired) electrons. The Morgan fingerprint density at radius 1 is 1.16 bits per heavy atom. The third kappa shape index (κ3) is 3.75. The zero-order chi connectivity index (χ0) is 13.1. The number of hydrogen-bond acceptors (Lipinski definition) is 5. The van der Waals surface area contributed by atoms with E-state index in [4.69, 9.17) is 0 Å². The van der Waals surface area contributed by atoms with Gasteiger partial charge >= 0.3 is 0 Å². The lowest BCUT2D eigenvalue weighted by Crippen LogP contribution is -2.15. The van der Waals surface area contributed by atoms with Crippen LogP contribution in [-0.4, -0.2) is 21.0 Å². The molecule has 98 valence electrons. The lowest BCUT2D eigenvalue weighted by molar-refractivity contribution is 0.685. The SMILES string of the molecule is Cc1cnc(Sc2ccc(CNC3CC3)cn2)nc1.